The van der Waals surface area contributed by atoms with Crippen molar-refractivity contribution in [2.24, 2.45) is 0 Å². The molecule has 192 valence electrons. The minimum absolute atomic E-state index is 0.0162. The Balaban J connectivity index is 1.32. The standard InChI is InChI=1S/C33H28ClN4O/c1-2-24-7-6-10-27(21-24)33(39)37-19-17-36(18-20-37)23-30-32(26-11-14-29(34)15-12-26)35-31-16-13-28(22-38(30)31)25-8-4-3-5-9-25/h2-16,19,21-22H,1,17-18,20,23H2/q+1. The highest BCUT2D eigenvalue weighted by atomic mass is 35.5. The van der Waals surface area contributed by atoms with Crippen LogP contribution in [-0.4, -0.2) is 50.6 Å². The summed E-state index contributed by atoms with van der Waals surface area (Å²) in [7, 11) is 0. The average molecular weight is 532 g/mol. The summed E-state index contributed by atoms with van der Waals surface area (Å²) in [6.45, 7) is 6.56. The van der Waals surface area contributed by atoms with Crippen LogP contribution < -0.4 is 0 Å². The van der Waals surface area contributed by atoms with Crippen molar-refractivity contribution in [2.45, 2.75) is 6.54 Å². The second-order valence-corrected chi connectivity index (χ2v) is 10.1. The van der Waals surface area contributed by atoms with Gasteiger partial charge in [-0.15, -0.1) is 0 Å². The Morgan fingerprint density at radius 2 is 1.74 bits per heavy atom. The lowest BCUT2D eigenvalue weighted by atomic mass is 10.1. The van der Waals surface area contributed by atoms with E-state index in [0.29, 0.717) is 30.2 Å². The normalized spacial score (nSPS) is 13.8. The summed E-state index contributed by atoms with van der Waals surface area (Å²) < 4.78 is 4.02. The molecule has 1 aliphatic rings. The number of carbonyl (C=O) groups excluding carboxylic acids is 1. The number of imidazole rings is 1. The Hall–Kier alpha value is -4.32. The summed E-state index contributed by atoms with van der Waals surface area (Å²) in [4.78, 5) is 20.5. The number of nitrogens with zero attached hydrogens (tertiary/aromatic N) is 4. The van der Waals surface area contributed by atoms with Crippen LogP contribution >= 0.6 is 11.6 Å². The van der Waals surface area contributed by atoms with Crippen LogP contribution in [0.25, 0.3) is 34.1 Å². The van der Waals surface area contributed by atoms with Gasteiger partial charge in [0, 0.05) is 23.3 Å². The van der Waals surface area contributed by atoms with Gasteiger partial charge in [-0.25, -0.2) is 9.78 Å². The third-order valence-electron chi connectivity index (χ3n) is 7.16. The lowest BCUT2D eigenvalue weighted by Crippen LogP contribution is -2.41. The highest BCUT2D eigenvalue weighted by molar-refractivity contribution is 6.30. The van der Waals surface area contributed by atoms with E-state index < -0.39 is 0 Å². The first-order valence-corrected chi connectivity index (χ1v) is 13.4. The fraction of sp³-hybridized carbons (Fsp3) is 0.121. The SMILES string of the molecule is C=Cc1cccc(C(=O)[N+]2=CCN(Cc3c(-c4ccc(Cl)cc4)nc4ccc(-c5ccccc5)cn34)CC2)c1. The van der Waals surface area contributed by atoms with Gasteiger partial charge >= 0.3 is 5.91 Å². The van der Waals surface area contributed by atoms with Gasteiger partial charge in [-0.3, -0.25) is 4.90 Å². The first kappa shape index (κ1) is 25.0. The monoisotopic (exact) mass is 531 g/mol. The fourth-order valence-corrected chi connectivity index (χ4v) is 5.16. The maximum Gasteiger partial charge on any atom is 0.419 e. The summed E-state index contributed by atoms with van der Waals surface area (Å²) in [5.74, 6) is 0.0162. The number of halogens is 1. The maximum atomic E-state index is 13.1. The molecule has 0 spiro atoms. The van der Waals surface area contributed by atoms with Crippen molar-refractivity contribution in [3.05, 3.63) is 126 Å². The molecule has 6 rings (SSSR count). The minimum Gasteiger partial charge on any atom is -0.301 e. The lowest BCUT2D eigenvalue weighted by molar-refractivity contribution is -0.431. The third-order valence-corrected chi connectivity index (χ3v) is 7.42. The number of hydrogen-bond donors (Lipinski definition) is 0. The van der Waals surface area contributed by atoms with Gasteiger partial charge in [-0.05, 0) is 53.1 Å². The molecule has 0 radical (unpaired) electrons. The quantitative estimate of drug-likeness (QED) is 0.229. The maximum absolute atomic E-state index is 13.1. The minimum atomic E-state index is 0.0162. The number of fused-ring (bicyclic) bond motifs is 1. The Labute approximate surface area is 232 Å². The number of aromatic nitrogens is 2. The molecule has 0 atom stereocenters. The van der Waals surface area contributed by atoms with E-state index in [2.05, 4.69) is 58.5 Å². The van der Waals surface area contributed by atoms with Crippen LogP contribution in [0.5, 0.6) is 0 Å². The second kappa shape index (κ2) is 10.8. The molecule has 5 nitrogen and oxygen atoms in total. The van der Waals surface area contributed by atoms with Gasteiger partial charge in [-0.2, -0.15) is 4.58 Å². The van der Waals surface area contributed by atoms with Crippen molar-refractivity contribution in [1.29, 1.82) is 0 Å². The molecule has 3 heterocycles. The van der Waals surface area contributed by atoms with E-state index in [4.69, 9.17) is 16.6 Å². The van der Waals surface area contributed by atoms with Crippen molar-refractivity contribution < 1.29 is 9.37 Å². The third kappa shape index (κ3) is 5.19. The number of benzene rings is 3. The van der Waals surface area contributed by atoms with E-state index in [0.717, 1.165) is 45.8 Å². The number of pyridine rings is 1. The molecule has 0 unspecified atom stereocenters. The van der Waals surface area contributed by atoms with E-state index in [1.165, 1.54) is 0 Å². The van der Waals surface area contributed by atoms with Crippen LogP contribution in [0.3, 0.4) is 0 Å². The van der Waals surface area contributed by atoms with Gasteiger partial charge < -0.3 is 4.40 Å². The van der Waals surface area contributed by atoms with Crippen molar-refractivity contribution in [1.82, 2.24) is 14.3 Å². The first-order valence-electron chi connectivity index (χ1n) is 13.0. The van der Waals surface area contributed by atoms with E-state index in [9.17, 15) is 4.79 Å². The summed E-state index contributed by atoms with van der Waals surface area (Å²) in [6, 6.07) is 30.0. The fourth-order valence-electron chi connectivity index (χ4n) is 5.03. The first-order chi connectivity index (χ1) is 19.1. The predicted molar refractivity (Wildman–Crippen MR) is 158 cm³/mol. The van der Waals surface area contributed by atoms with Gasteiger partial charge in [0.05, 0.1) is 30.0 Å². The Bertz CT molecular complexity index is 1700. The molecule has 6 heteroatoms. The summed E-state index contributed by atoms with van der Waals surface area (Å²) in [5, 5.41) is 0.699. The number of rotatable bonds is 6. The zero-order chi connectivity index (χ0) is 26.8. The Morgan fingerprint density at radius 1 is 0.949 bits per heavy atom. The van der Waals surface area contributed by atoms with Gasteiger partial charge in [0.25, 0.3) is 0 Å². The smallest absolute Gasteiger partial charge is 0.301 e. The molecule has 0 saturated carbocycles. The van der Waals surface area contributed by atoms with Crippen LogP contribution in [0.15, 0.2) is 104 Å². The van der Waals surface area contributed by atoms with Crippen molar-refractivity contribution in [3.63, 3.8) is 0 Å². The Morgan fingerprint density at radius 3 is 2.49 bits per heavy atom. The van der Waals surface area contributed by atoms with Crippen LogP contribution in [0, 0.1) is 0 Å². The molecule has 1 aliphatic heterocycles. The molecule has 0 saturated heterocycles. The van der Waals surface area contributed by atoms with Crippen LogP contribution in [0.1, 0.15) is 21.6 Å². The Kier molecular flexibility index (Phi) is 6.93. The second-order valence-electron chi connectivity index (χ2n) is 9.67. The van der Waals surface area contributed by atoms with Gasteiger partial charge in [0.1, 0.15) is 5.65 Å². The topological polar surface area (TPSA) is 40.6 Å². The molecule has 3 aromatic carbocycles. The van der Waals surface area contributed by atoms with Gasteiger partial charge in [0.2, 0.25) is 0 Å². The zero-order valence-corrected chi connectivity index (χ0v) is 22.3. The highest BCUT2D eigenvalue weighted by Crippen LogP contribution is 2.29. The van der Waals surface area contributed by atoms with E-state index in [1.807, 2.05) is 65.4 Å². The summed E-state index contributed by atoms with van der Waals surface area (Å²) >= 11 is 6.19. The van der Waals surface area contributed by atoms with Crippen LogP contribution in [0.4, 0.5) is 0 Å². The van der Waals surface area contributed by atoms with Crippen LogP contribution in [0.2, 0.25) is 5.02 Å². The number of amides is 1. The van der Waals surface area contributed by atoms with E-state index >= 15 is 0 Å². The summed E-state index contributed by atoms with van der Waals surface area (Å²) in [5.41, 5.74) is 7.89. The van der Waals surface area contributed by atoms with Gasteiger partial charge in [0.15, 0.2) is 12.8 Å². The molecule has 0 aliphatic carbocycles. The highest BCUT2D eigenvalue weighted by Gasteiger charge is 2.26. The molecule has 0 bridgehead atoms. The van der Waals surface area contributed by atoms with Crippen molar-refractivity contribution in [3.8, 4) is 22.4 Å². The number of carbonyl (C=O) groups is 1. The van der Waals surface area contributed by atoms with Crippen molar-refractivity contribution in [2.75, 3.05) is 19.6 Å². The molecule has 1 amide bonds. The van der Waals surface area contributed by atoms with Crippen LogP contribution in [-0.2, 0) is 6.54 Å². The molecule has 0 fully saturated rings. The van der Waals surface area contributed by atoms with Gasteiger partial charge in [-0.1, -0.05) is 78.9 Å². The zero-order valence-electron chi connectivity index (χ0n) is 21.5. The molecule has 5 aromatic rings. The number of hydrogen-bond acceptors (Lipinski definition) is 3. The molecular weight excluding hydrogens is 504 g/mol. The predicted octanol–water partition coefficient (Wildman–Crippen LogP) is 6.70. The van der Waals surface area contributed by atoms with E-state index in [-0.39, 0.29) is 5.91 Å². The largest absolute Gasteiger partial charge is 0.419 e. The lowest BCUT2D eigenvalue weighted by Gasteiger charge is -2.22. The molecule has 0 N–H and O–H groups in total. The molecule has 2 aromatic heterocycles. The van der Waals surface area contributed by atoms with Crippen molar-refractivity contribution >= 4 is 35.4 Å². The average Bonchev–Trinajstić information content (AvgIpc) is 3.35. The molecular formula is C33H28ClN4O+. The molecule has 39 heavy (non-hydrogen) atoms. The summed E-state index contributed by atoms with van der Waals surface area (Å²) in [6.07, 6.45) is 5.92. The van der Waals surface area contributed by atoms with E-state index in [1.54, 1.807) is 6.08 Å².